The second kappa shape index (κ2) is 6.42. The molecule has 0 rings (SSSR count). The zero-order valence-corrected chi connectivity index (χ0v) is 11.2. The van der Waals surface area contributed by atoms with Gasteiger partial charge in [0.25, 0.3) is 0 Å². The molecule has 0 aromatic rings. The number of nitrogens with one attached hydrogen (secondary N) is 1. The van der Waals surface area contributed by atoms with E-state index in [2.05, 4.69) is 11.9 Å². The van der Waals surface area contributed by atoms with Gasteiger partial charge in [-0.3, -0.25) is 9.59 Å². The van der Waals surface area contributed by atoms with Crippen LogP contribution in [0.2, 0.25) is 0 Å². The minimum atomic E-state index is -0.451. The van der Waals surface area contributed by atoms with Gasteiger partial charge < -0.3 is 11.1 Å². The van der Waals surface area contributed by atoms with Crippen LogP contribution in [-0.4, -0.2) is 18.9 Å². The maximum Gasteiger partial charge on any atom is 0.224 e. The molecule has 2 amide bonds. The van der Waals surface area contributed by atoms with Crippen molar-refractivity contribution in [3.05, 3.63) is 12.7 Å². The molecule has 1 unspecified atom stereocenters. The van der Waals surface area contributed by atoms with E-state index >= 15 is 0 Å². The summed E-state index contributed by atoms with van der Waals surface area (Å²) in [4.78, 5) is 23.4. The number of hydrogen-bond acceptors (Lipinski definition) is 2. The normalized spacial score (nSPS) is 14.8. The average Bonchev–Trinajstić information content (AvgIpc) is 2.20. The summed E-state index contributed by atoms with van der Waals surface area (Å²) >= 11 is 0. The highest BCUT2D eigenvalue weighted by molar-refractivity contribution is 5.87. The summed E-state index contributed by atoms with van der Waals surface area (Å²) in [5.74, 6) is -1.42. The number of allylic oxidation sites excluding steroid dienone is 1. The third-order valence-corrected chi connectivity index (χ3v) is 2.91. The Kier molecular flexibility index (Phi) is 5.93. The molecular weight excluding hydrogens is 216 g/mol. The molecular formula is C13H24N2O2. The monoisotopic (exact) mass is 240 g/mol. The number of primary amides is 1. The van der Waals surface area contributed by atoms with Crippen molar-refractivity contribution in [3.63, 3.8) is 0 Å². The predicted molar refractivity (Wildman–Crippen MR) is 69.1 cm³/mol. The second-order valence-corrected chi connectivity index (χ2v) is 5.33. The third-order valence-electron chi connectivity index (χ3n) is 2.91. The van der Waals surface area contributed by atoms with E-state index in [4.69, 9.17) is 5.73 Å². The first-order valence-corrected chi connectivity index (χ1v) is 5.87. The molecule has 0 aromatic carbocycles. The van der Waals surface area contributed by atoms with Gasteiger partial charge in [-0.05, 0) is 18.3 Å². The molecule has 0 heterocycles. The molecule has 0 saturated carbocycles. The third kappa shape index (κ3) is 4.59. The fourth-order valence-corrected chi connectivity index (χ4v) is 2.11. The van der Waals surface area contributed by atoms with E-state index in [1.165, 1.54) is 0 Å². The maximum atomic E-state index is 11.9. The lowest BCUT2D eigenvalue weighted by Crippen LogP contribution is -2.45. The van der Waals surface area contributed by atoms with Crippen LogP contribution in [0.25, 0.3) is 0 Å². The van der Waals surface area contributed by atoms with Gasteiger partial charge in [0, 0.05) is 7.05 Å². The van der Waals surface area contributed by atoms with E-state index < -0.39 is 17.7 Å². The zero-order chi connectivity index (χ0) is 13.6. The number of hydrogen-bond donors (Lipinski definition) is 2. The summed E-state index contributed by atoms with van der Waals surface area (Å²) in [6.07, 6.45) is 2.98. The Morgan fingerprint density at radius 3 is 2.24 bits per heavy atom. The van der Waals surface area contributed by atoms with E-state index in [0.717, 1.165) is 0 Å². The van der Waals surface area contributed by atoms with Crippen LogP contribution in [0, 0.1) is 17.3 Å². The molecule has 0 aliphatic heterocycles. The van der Waals surface area contributed by atoms with Crippen LogP contribution < -0.4 is 11.1 Å². The molecule has 98 valence electrons. The van der Waals surface area contributed by atoms with Crippen LogP contribution in [0.15, 0.2) is 12.7 Å². The van der Waals surface area contributed by atoms with Gasteiger partial charge in [0.2, 0.25) is 11.8 Å². The molecule has 0 aromatic heterocycles. The van der Waals surface area contributed by atoms with Gasteiger partial charge in [0.1, 0.15) is 0 Å². The lowest BCUT2D eigenvalue weighted by atomic mass is 9.70. The fourth-order valence-electron chi connectivity index (χ4n) is 2.11. The number of rotatable bonds is 6. The summed E-state index contributed by atoms with van der Waals surface area (Å²) in [5, 5.41) is 2.61. The summed E-state index contributed by atoms with van der Waals surface area (Å²) in [6.45, 7) is 9.45. The minimum absolute atomic E-state index is 0.134. The van der Waals surface area contributed by atoms with Gasteiger partial charge in [-0.1, -0.05) is 26.8 Å². The molecule has 0 aliphatic carbocycles. The summed E-state index contributed by atoms with van der Waals surface area (Å²) in [7, 11) is 1.58. The molecule has 4 heteroatoms. The molecule has 2 atom stereocenters. The standard InChI is InChI=1S/C13H24N2O2/c1-6-7-8-9(11(14)16)10(12(17)15-5)13(2,3)4/h6,9-10H,1,7-8H2,2-5H3,(H2,14,16)(H,15,17)/t9-,10?/m0/s1. The van der Waals surface area contributed by atoms with Crippen LogP contribution >= 0.6 is 0 Å². The molecule has 0 fully saturated rings. The fraction of sp³-hybridized carbons (Fsp3) is 0.692. The van der Waals surface area contributed by atoms with Crippen molar-refractivity contribution in [2.45, 2.75) is 33.6 Å². The Hall–Kier alpha value is -1.32. The SMILES string of the molecule is C=CCC[C@H](C(N)=O)C(C(=O)NC)C(C)(C)C. The average molecular weight is 240 g/mol. The van der Waals surface area contributed by atoms with Crippen molar-refractivity contribution < 1.29 is 9.59 Å². The molecule has 0 saturated heterocycles. The topological polar surface area (TPSA) is 72.2 Å². The highest BCUT2D eigenvalue weighted by Gasteiger charge is 2.39. The molecule has 0 spiro atoms. The van der Waals surface area contributed by atoms with Gasteiger partial charge >= 0.3 is 0 Å². The largest absolute Gasteiger partial charge is 0.369 e. The first kappa shape index (κ1) is 15.7. The van der Waals surface area contributed by atoms with Gasteiger partial charge in [-0.25, -0.2) is 0 Å². The Balaban J connectivity index is 5.14. The Morgan fingerprint density at radius 1 is 1.41 bits per heavy atom. The summed E-state index contributed by atoms with van der Waals surface area (Å²) in [6, 6.07) is 0. The molecule has 0 bridgehead atoms. The first-order valence-electron chi connectivity index (χ1n) is 5.87. The lowest BCUT2D eigenvalue weighted by molar-refractivity contribution is -0.137. The molecule has 4 nitrogen and oxygen atoms in total. The van der Waals surface area contributed by atoms with Gasteiger partial charge in [-0.2, -0.15) is 0 Å². The van der Waals surface area contributed by atoms with Crippen LogP contribution in [0.4, 0.5) is 0 Å². The van der Waals surface area contributed by atoms with E-state index in [0.29, 0.717) is 12.8 Å². The van der Waals surface area contributed by atoms with E-state index in [1.807, 2.05) is 20.8 Å². The predicted octanol–water partition coefficient (Wildman–Crippen LogP) is 1.46. The quantitative estimate of drug-likeness (QED) is 0.690. The minimum Gasteiger partial charge on any atom is -0.369 e. The van der Waals surface area contributed by atoms with Crippen LogP contribution in [-0.2, 0) is 9.59 Å². The van der Waals surface area contributed by atoms with Crippen LogP contribution in [0.1, 0.15) is 33.6 Å². The smallest absolute Gasteiger partial charge is 0.224 e. The number of nitrogens with two attached hydrogens (primary N) is 1. The van der Waals surface area contributed by atoms with Crippen molar-refractivity contribution in [1.29, 1.82) is 0 Å². The highest BCUT2D eigenvalue weighted by atomic mass is 16.2. The van der Waals surface area contributed by atoms with Crippen LogP contribution in [0.5, 0.6) is 0 Å². The van der Waals surface area contributed by atoms with E-state index in [-0.39, 0.29) is 11.3 Å². The van der Waals surface area contributed by atoms with Gasteiger partial charge in [-0.15, -0.1) is 6.58 Å². The van der Waals surface area contributed by atoms with Gasteiger partial charge in [0.15, 0.2) is 0 Å². The van der Waals surface area contributed by atoms with Crippen LogP contribution in [0.3, 0.4) is 0 Å². The summed E-state index contributed by atoms with van der Waals surface area (Å²) < 4.78 is 0. The molecule has 0 radical (unpaired) electrons. The van der Waals surface area contributed by atoms with E-state index in [1.54, 1.807) is 13.1 Å². The van der Waals surface area contributed by atoms with Crippen molar-refractivity contribution >= 4 is 11.8 Å². The molecule has 3 N–H and O–H groups in total. The number of amides is 2. The van der Waals surface area contributed by atoms with Gasteiger partial charge in [0.05, 0.1) is 11.8 Å². The maximum absolute atomic E-state index is 11.9. The number of carbonyl (C=O) groups is 2. The van der Waals surface area contributed by atoms with Crippen molar-refractivity contribution in [1.82, 2.24) is 5.32 Å². The van der Waals surface area contributed by atoms with Crippen molar-refractivity contribution in [2.75, 3.05) is 7.05 Å². The van der Waals surface area contributed by atoms with E-state index in [9.17, 15) is 9.59 Å². The highest BCUT2D eigenvalue weighted by Crippen LogP contribution is 2.34. The first-order chi connectivity index (χ1) is 7.75. The Bertz CT molecular complexity index is 292. The summed E-state index contributed by atoms with van der Waals surface area (Å²) in [5.41, 5.74) is 5.11. The number of carbonyl (C=O) groups excluding carboxylic acids is 2. The lowest BCUT2D eigenvalue weighted by Gasteiger charge is -2.34. The van der Waals surface area contributed by atoms with Crippen molar-refractivity contribution in [2.24, 2.45) is 23.0 Å². The Labute approximate surface area is 104 Å². The molecule has 17 heavy (non-hydrogen) atoms. The zero-order valence-electron chi connectivity index (χ0n) is 11.2. The molecule has 0 aliphatic rings. The van der Waals surface area contributed by atoms with Crippen molar-refractivity contribution in [3.8, 4) is 0 Å². The second-order valence-electron chi connectivity index (χ2n) is 5.33. The Morgan fingerprint density at radius 2 is 1.94 bits per heavy atom.